The standard InChI is InChI=1S/C22H23N3O3S2/c1-29-12-19(26)23-18-9-10-25-20(18)21(27)24-17-8-5-14(11-16(17)22(25)28)13-3-6-15(30-2)7-4-13/h3-8,11,18,20H,9-10,12H2,1-2H3,(H,23,26)(H,24,27)/t18-,20+/m1/s1. The molecule has 2 aromatic rings. The van der Waals surface area contributed by atoms with E-state index in [9.17, 15) is 14.4 Å². The monoisotopic (exact) mass is 441 g/mol. The van der Waals surface area contributed by atoms with Crippen LogP contribution in [0.3, 0.4) is 0 Å². The predicted octanol–water partition coefficient (Wildman–Crippen LogP) is 3.09. The van der Waals surface area contributed by atoms with Crippen molar-refractivity contribution in [1.82, 2.24) is 10.2 Å². The van der Waals surface area contributed by atoms with Crippen LogP contribution in [-0.4, -0.2) is 59.5 Å². The van der Waals surface area contributed by atoms with Gasteiger partial charge in [-0.3, -0.25) is 14.4 Å². The van der Waals surface area contributed by atoms with Gasteiger partial charge in [0, 0.05) is 11.4 Å². The number of nitrogens with one attached hydrogen (secondary N) is 2. The summed E-state index contributed by atoms with van der Waals surface area (Å²) in [6.45, 7) is 0.438. The van der Waals surface area contributed by atoms with Crippen molar-refractivity contribution in [2.24, 2.45) is 0 Å². The van der Waals surface area contributed by atoms with Crippen LogP contribution in [0.1, 0.15) is 16.8 Å². The first-order valence-electron chi connectivity index (χ1n) is 9.70. The molecule has 0 unspecified atom stereocenters. The Balaban J connectivity index is 1.63. The molecule has 0 radical (unpaired) electrons. The van der Waals surface area contributed by atoms with Crippen LogP contribution >= 0.6 is 23.5 Å². The number of fused-ring (bicyclic) bond motifs is 2. The number of carbonyl (C=O) groups excluding carboxylic acids is 3. The van der Waals surface area contributed by atoms with Gasteiger partial charge in [0.25, 0.3) is 5.91 Å². The van der Waals surface area contributed by atoms with Gasteiger partial charge in [-0.2, -0.15) is 11.8 Å². The van der Waals surface area contributed by atoms with Gasteiger partial charge in [-0.25, -0.2) is 0 Å². The molecular weight excluding hydrogens is 418 g/mol. The highest BCUT2D eigenvalue weighted by molar-refractivity contribution is 7.99. The summed E-state index contributed by atoms with van der Waals surface area (Å²) in [4.78, 5) is 41.0. The van der Waals surface area contributed by atoms with Crippen molar-refractivity contribution in [1.29, 1.82) is 0 Å². The number of rotatable bonds is 5. The van der Waals surface area contributed by atoms with Gasteiger partial charge in [-0.15, -0.1) is 11.8 Å². The molecule has 1 fully saturated rings. The third kappa shape index (κ3) is 3.94. The second kappa shape index (κ2) is 8.73. The lowest BCUT2D eigenvalue weighted by Crippen LogP contribution is -2.51. The van der Waals surface area contributed by atoms with Crippen LogP contribution in [0.4, 0.5) is 5.69 Å². The molecule has 8 heteroatoms. The van der Waals surface area contributed by atoms with Crippen LogP contribution in [0.25, 0.3) is 11.1 Å². The van der Waals surface area contributed by atoms with E-state index in [0.717, 1.165) is 11.1 Å². The van der Waals surface area contributed by atoms with Gasteiger partial charge in [0.2, 0.25) is 11.8 Å². The Labute approximate surface area is 184 Å². The Morgan fingerprint density at radius 2 is 1.87 bits per heavy atom. The van der Waals surface area contributed by atoms with E-state index in [-0.39, 0.29) is 23.8 Å². The minimum Gasteiger partial charge on any atom is -0.350 e. The van der Waals surface area contributed by atoms with E-state index in [1.165, 1.54) is 16.7 Å². The number of carbonyl (C=O) groups is 3. The van der Waals surface area contributed by atoms with Crippen molar-refractivity contribution in [3.8, 4) is 11.1 Å². The quantitative estimate of drug-likeness (QED) is 0.697. The van der Waals surface area contributed by atoms with Crippen LogP contribution in [-0.2, 0) is 9.59 Å². The van der Waals surface area contributed by atoms with E-state index in [4.69, 9.17) is 0 Å². The molecule has 0 aliphatic carbocycles. The summed E-state index contributed by atoms with van der Waals surface area (Å²) in [5, 5.41) is 5.81. The summed E-state index contributed by atoms with van der Waals surface area (Å²) in [6, 6.07) is 12.6. The molecule has 156 valence electrons. The van der Waals surface area contributed by atoms with Gasteiger partial charge < -0.3 is 15.5 Å². The molecule has 0 saturated carbocycles. The van der Waals surface area contributed by atoms with Gasteiger partial charge in [0.15, 0.2) is 0 Å². The molecule has 2 aliphatic heterocycles. The Morgan fingerprint density at radius 3 is 2.57 bits per heavy atom. The molecule has 0 bridgehead atoms. The zero-order valence-electron chi connectivity index (χ0n) is 16.8. The van der Waals surface area contributed by atoms with Crippen LogP contribution < -0.4 is 10.6 Å². The summed E-state index contributed by atoms with van der Waals surface area (Å²) in [7, 11) is 0. The molecule has 30 heavy (non-hydrogen) atoms. The second-order valence-electron chi connectivity index (χ2n) is 7.32. The fourth-order valence-electron chi connectivity index (χ4n) is 4.03. The zero-order valence-corrected chi connectivity index (χ0v) is 18.4. The molecule has 0 aromatic heterocycles. The minimum atomic E-state index is -0.694. The number of nitrogens with zero attached hydrogens (tertiary/aromatic N) is 1. The molecule has 2 aliphatic rings. The Kier molecular flexibility index (Phi) is 6.06. The molecule has 2 aromatic carbocycles. The molecule has 2 atom stereocenters. The molecule has 2 heterocycles. The lowest BCUT2D eigenvalue weighted by Gasteiger charge is -2.24. The van der Waals surface area contributed by atoms with Crippen molar-refractivity contribution in [2.75, 3.05) is 30.1 Å². The molecule has 1 saturated heterocycles. The summed E-state index contributed by atoms with van der Waals surface area (Å²) in [5.41, 5.74) is 2.93. The normalized spacial score (nSPS) is 20.3. The van der Waals surface area contributed by atoms with E-state index in [0.29, 0.717) is 30.0 Å². The SMILES string of the molecule is CSCC(=O)N[C@@H]1CCN2C(=O)c3cc(-c4ccc(SC)cc4)ccc3NC(=O)[C@H]12. The van der Waals surface area contributed by atoms with E-state index in [1.54, 1.807) is 22.7 Å². The maximum Gasteiger partial charge on any atom is 0.256 e. The number of thioether (sulfide) groups is 2. The topological polar surface area (TPSA) is 78.5 Å². The largest absolute Gasteiger partial charge is 0.350 e. The van der Waals surface area contributed by atoms with Gasteiger partial charge in [-0.05, 0) is 54.3 Å². The first-order valence-corrected chi connectivity index (χ1v) is 12.3. The predicted molar refractivity (Wildman–Crippen MR) is 122 cm³/mol. The van der Waals surface area contributed by atoms with Crippen LogP contribution in [0.15, 0.2) is 47.4 Å². The van der Waals surface area contributed by atoms with E-state index < -0.39 is 6.04 Å². The van der Waals surface area contributed by atoms with Crippen LogP contribution in [0, 0.1) is 0 Å². The number of hydrogen-bond acceptors (Lipinski definition) is 5. The van der Waals surface area contributed by atoms with Crippen LogP contribution in [0.2, 0.25) is 0 Å². The first kappa shape index (κ1) is 20.8. The van der Waals surface area contributed by atoms with Gasteiger partial charge in [0.1, 0.15) is 6.04 Å². The lowest BCUT2D eigenvalue weighted by atomic mass is 10.0. The van der Waals surface area contributed by atoms with Gasteiger partial charge in [0.05, 0.1) is 23.0 Å². The molecule has 4 rings (SSSR count). The maximum atomic E-state index is 13.3. The third-order valence-electron chi connectivity index (χ3n) is 5.48. The number of amides is 3. The molecule has 3 amide bonds. The Bertz CT molecular complexity index is 994. The number of hydrogen-bond donors (Lipinski definition) is 2. The zero-order chi connectivity index (χ0) is 21.3. The van der Waals surface area contributed by atoms with Crippen LogP contribution in [0.5, 0.6) is 0 Å². The van der Waals surface area contributed by atoms with Crippen molar-refractivity contribution in [2.45, 2.75) is 23.4 Å². The number of anilines is 1. The van der Waals surface area contributed by atoms with Gasteiger partial charge >= 0.3 is 0 Å². The fraction of sp³-hybridized carbons (Fsp3) is 0.318. The Morgan fingerprint density at radius 1 is 1.13 bits per heavy atom. The summed E-state index contributed by atoms with van der Waals surface area (Å²) < 4.78 is 0. The fourth-order valence-corrected chi connectivity index (χ4v) is 4.78. The molecule has 0 spiro atoms. The third-order valence-corrected chi connectivity index (χ3v) is 6.77. The smallest absolute Gasteiger partial charge is 0.256 e. The van der Waals surface area contributed by atoms with Crippen molar-refractivity contribution in [3.05, 3.63) is 48.0 Å². The van der Waals surface area contributed by atoms with E-state index in [2.05, 4.69) is 10.6 Å². The second-order valence-corrected chi connectivity index (χ2v) is 9.06. The highest BCUT2D eigenvalue weighted by atomic mass is 32.2. The minimum absolute atomic E-state index is 0.118. The summed E-state index contributed by atoms with van der Waals surface area (Å²) in [6.07, 6.45) is 4.45. The van der Waals surface area contributed by atoms with Crippen molar-refractivity contribution in [3.63, 3.8) is 0 Å². The highest BCUT2D eigenvalue weighted by Gasteiger charge is 2.45. The maximum absolute atomic E-state index is 13.3. The average molecular weight is 442 g/mol. The summed E-state index contributed by atoms with van der Waals surface area (Å²) >= 11 is 3.10. The summed E-state index contributed by atoms with van der Waals surface area (Å²) in [5.74, 6) is -0.228. The van der Waals surface area contributed by atoms with Gasteiger partial charge in [-0.1, -0.05) is 18.2 Å². The van der Waals surface area contributed by atoms with Crippen molar-refractivity contribution < 1.29 is 14.4 Å². The molecule has 2 N–H and O–H groups in total. The lowest BCUT2D eigenvalue weighted by molar-refractivity contribution is -0.122. The van der Waals surface area contributed by atoms with Crippen molar-refractivity contribution >= 4 is 46.9 Å². The molecular formula is C22H23N3O3S2. The highest BCUT2D eigenvalue weighted by Crippen LogP contribution is 2.32. The average Bonchev–Trinajstić information content (AvgIpc) is 3.13. The Hall–Kier alpha value is -2.45. The van der Waals surface area contributed by atoms with E-state index >= 15 is 0 Å². The van der Waals surface area contributed by atoms with E-state index in [1.807, 2.05) is 48.9 Å². The number of benzene rings is 2. The molecule has 6 nitrogen and oxygen atoms in total. The first-order chi connectivity index (χ1) is 14.5.